The third kappa shape index (κ3) is 2.78. The van der Waals surface area contributed by atoms with Gasteiger partial charge in [0.2, 0.25) is 6.29 Å². The molecule has 0 aromatic heterocycles. The summed E-state index contributed by atoms with van der Waals surface area (Å²) in [6.45, 7) is 0. The fourth-order valence-corrected chi connectivity index (χ4v) is 1.40. The zero-order valence-electron chi connectivity index (χ0n) is 8.94. The van der Waals surface area contributed by atoms with Crippen molar-refractivity contribution in [3.8, 4) is 0 Å². The van der Waals surface area contributed by atoms with Crippen molar-refractivity contribution >= 4 is 17.9 Å². The Hall–Kier alpha value is -2.42. The van der Waals surface area contributed by atoms with E-state index < -0.39 is 0 Å². The van der Waals surface area contributed by atoms with Crippen molar-refractivity contribution in [1.82, 2.24) is 0 Å². The lowest BCUT2D eigenvalue weighted by molar-refractivity contribution is 0.102. The van der Waals surface area contributed by atoms with E-state index in [2.05, 4.69) is 11.4 Å². The maximum Gasteiger partial charge on any atom is 0.255 e. The van der Waals surface area contributed by atoms with Crippen molar-refractivity contribution < 1.29 is 9.59 Å². The number of benzene rings is 2. The van der Waals surface area contributed by atoms with Crippen LogP contribution in [0.1, 0.15) is 15.9 Å². The highest BCUT2D eigenvalue weighted by molar-refractivity contribution is 6.04. The summed E-state index contributed by atoms with van der Waals surface area (Å²) in [6, 6.07) is 16.2. The molecule has 0 aliphatic rings. The van der Waals surface area contributed by atoms with E-state index in [1.54, 1.807) is 48.8 Å². The van der Waals surface area contributed by atoms with Crippen molar-refractivity contribution in [2.75, 3.05) is 5.32 Å². The highest BCUT2D eigenvalue weighted by Gasteiger charge is 2.06. The molecular formula is C14H9NO2. The molecule has 0 spiro atoms. The van der Waals surface area contributed by atoms with Gasteiger partial charge in [0.25, 0.3) is 5.91 Å². The van der Waals surface area contributed by atoms with E-state index in [0.29, 0.717) is 16.8 Å². The van der Waals surface area contributed by atoms with Crippen LogP contribution in [0.5, 0.6) is 0 Å². The Morgan fingerprint density at radius 3 is 2.82 bits per heavy atom. The molecule has 0 atom stereocenters. The van der Waals surface area contributed by atoms with Crippen LogP contribution in [-0.4, -0.2) is 12.2 Å². The summed E-state index contributed by atoms with van der Waals surface area (Å²) in [4.78, 5) is 22.3. The lowest BCUT2D eigenvalue weighted by atomic mass is 10.1. The topological polar surface area (TPSA) is 46.2 Å². The maximum atomic E-state index is 11.8. The lowest BCUT2D eigenvalue weighted by Gasteiger charge is -2.04. The molecule has 3 nitrogen and oxygen atoms in total. The van der Waals surface area contributed by atoms with E-state index in [1.165, 1.54) is 6.07 Å². The zero-order chi connectivity index (χ0) is 12.1. The number of nitrogens with one attached hydrogen (secondary N) is 1. The van der Waals surface area contributed by atoms with Crippen molar-refractivity contribution in [1.29, 1.82) is 0 Å². The van der Waals surface area contributed by atoms with Gasteiger partial charge in [0, 0.05) is 16.8 Å². The van der Waals surface area contributed by atoms with Gasteiger partial charge in [-0.2, -0.15) is 0 Å². The zero-order valence-corrected chi connectivity index (χ0v) is 8.94. The van der Waals surface area contributed by atoms with Crippen molar-refractivity contribution in [3.63, 3.8) is 0 Å². The molecule has 82 valence electrons. The first-order valence-corrected chi connectivity index (χ1v) is 5.05. The van der Waals surface area contributed by atoms with Crippen LogP contribution in [0.25, 0.3) is 0 Å². The van der Waals surface area contributed by atoms with Crippen molar-refractivity contribution in [3.05, 3.63) is 65.7 Å². The predicted molar refractivity (Wildman–Crippen MR) is 64.5 cm³/mol. The minimum Gasteiger partial charge on any atom is -0.322 e. The first kappa shape index (κ1) is 11.1. The van der Waals surface area contributed by atoms with E-state index in [0.717, 1.165) is 0 Å². The Bertz CT molecular complexity index is 535. The van der Waals surface area contributed by atoms with Gasteiger partial charge in [-0.1, -0.05) is 24.3 Å². The summed E-state index contributed by atoms with van der Waals surface area (Å²) in [5.74, 6) is -0.262. The Morgan fingerprint density at radius 1 is 1.24 bits per heavy atom. The summed E-state index contributed by atoms with van der Waals surface area (Å²) >= 11 is 0. The van der Waals surface area contributed by atoms with E-state index in [4.69, 9.17) is 0 Å². The molecule has 0 saturated carbocycles. The molecule has 0 unspecified atom stereocenters. The van der Waals surface area contributed by atoms with Gasteiger partial charge in [0.05, 0.1) is 0 Å². The van der Waals surface area contributed by atoms with Gasteiger partial charge in [-0.05, 0) is 30.3 Å². The minimum absolute atomic E-state index is 0.262. The van der Waals surface area contributed by atoms with E-state index in [1.807, 2.05) is 0 Å². The molecule has 0 saturated heterocycles. The SMILES string of the molecule is O=[C]c1cccc(C(=O)Nc2c[c]ccc2)c1. The maximum absolute atomic E-state index is 11.8. The Kier molecular flexibility index (Phi) is 3.31. The van der Waals surface area contributed by atoms with Crippen molar-refractivity contribution in [2.45, 2.75) is 0 Å². The van der Waals surface area contributed by atoms with Gasteiger partial charge in [-0.15, -0.1) is 0 Å². The molecular weight excluding hydrogens is 214 g/mol. The normalized spacial score (nSPS) is 9.65. The number of hydrogen-bond acceptors (Lipinski definition) is 2. The summed E-state index contributed by atoms with van der Waals surface area (Å²) < 4.78 is 0. The van der Waals surface area contributed by atoms with E-state index >= 15 is 0 Å². The van der Waals surface area contributed by atoms with E-state index in [-0.39, 0.29) is 5.91 Å². The molecule has 2 rings (SSSR count). The third-order valence-electron chi connectivity index (χ3n) is 2.21. The van der Waals surface area contributed by atoms with Crippen LogP contribution in [0.15, 0.2) is 48.5 Å². The largest absolute Gasteiger partial charge is 0.322 e. The summed E-state index contributed by atoms with van der Waals surface area (Å²) in [5.41, 5.74) is 1.45. The van der Waals surface area contributed by atoms with Gasteiger partial charge in [-0.25, -0.2) is 0 Å². The number of carbonyl (C=O) groups excluding carboxylic acids is 2. The molecule has 1 N–H and O–H groups in total. The number of carbonyl (C=O) groups is 1. The average molecular weight is 223 g/mol. The first-order valence-electron chi connectivity index (χ1n) is 5.05. The number of rotatable bonds is 3. The molecule has 1 amide bonds. The van der Waals surface area contributed by atoms with Gasteiger partial charge < -0.3 is 5.32 Å². The minimum atomic E-state index is -0.262. The second kappa shape index (κ2) is 5.07. The fourth-order valence-electron chi connectivity index (χ4n) is 1.40. The first-order chi connectivity index (χ1) is 8.29. The lowest BCUT2D eigenvalue weighted by Crippen LogP contribution is -2.11. The van der Waals surface area contributed by atoms with Crippen LogP contribution in [-0.2, 0) is 4.79 Å². The number of hydrogen-bond donors (Lipinski definition) is 1. The van der Waals surface area contributed by atoms with E-state index in [9.17, 15) is 9.59 Å². The molecule has 0 aliphatic carbocycles. The highest BCUT2D eigenvalue weighted by atomic mass is 16.1. The van der Waals surface area contributed by atoms with Gasteiger partial charge in [0.1, 0.15) is 0 Å². The Labute approximate surface area is 99.1 Å². The Balaban J connectivity index is 2.17. The highest BCUT2D eigenvalue weighted by Crippen LogP contribution is 2.09. The Morgan fingerprint density at radius 2 is 2.12 bits per heavy atom. The second-order valence-electron chi connectivity index (χ2n) is 3.43. The van der Waals surface area contributed by atoms with Crippen molar-refractivity contribution in [2.24, 2.45) is 0 Å². The number of anilines is 1. The smallest absolute Gasteiger partial charge is 0.255 e. The third-order valence-corrected chi connectivity index (χ3v) is 2.21. The second-order valence-corrected chi connectivity index (χ2v) is 3.43. The quantitative estimate of drug-likeness (QED) is 0.867. The van der Waals surface area contributed by atoms with Crippen LogP contribution < -0.4 is 5.32 Å². The van der Waals surface area contributed by atoms with Gasteiger partial charge in [-0.3, -0.25) is 9.59 Å². The predicted octanol–water partition coefficient (Wildman–Crippen LogP) is 2.20. The van der Waals surface area contributed by atoms with Crippen LogP contribution >= 0.6 is 0 Å². The molecule has 2 aromatic rings. The molecule has 0 aliphatic heterocycles. The average Bonchev–Trinajstić information content (AvgIpc) is 2.40. The van der Waals surface area contributed by atoms with Gasteiger partial charge in [0.15, 0.2) is 0 Å². The molecule has 2 aromatic carbocycles. The molecule has 0 fully saturated rings. The van der Waals surface area contributed by atoms with Gasteiger partial charge >= 0.3 is 0 Å². The monoisotopic (exact) mass is 223 g/mol. The van der Waals surface area contributed by atoms with Crippen LogP contribution in [0.4, 0.5) is 5.69 Å². The molecule has 17 heavy (non-hydrogen) atoms. The molecule has 0 bridgehead atoms. The standard InChI is InChI=1S/C14H9NO2/c16-10-11-5-4-6-12(9-11)14(17)15-13-7-2-1-3-8-13/h1-2,4-9H,(H,15,17). The number of amides is 1. The summed E-state index contributed by atoms with van der Waals surface area (Å²) in [7, 11) is 0. The molecule has 0 heterocycles. The van der Waals surface area contributed by atoms with Crippen LogP contribution in [0.2, 0.25) is 0 Å². The molecule has 2 radical (unpaired) electrons. The summed E-state index contributed by atoms with van der Waals surface area (Å²) in [5, 5.41) is 2.71. The molecule has 3 heteroatoms. The van der Waals surface area contributed by atoms with Crippen LogP contribution in [0.3, 0.4) is 0 Å². The summed E-state index contributed by atoms with van der Waals surface area (Å²) in [6.07, 6.45) is 1.75. The van der Waals surface area contributed by atoms with Crippen LogP contribution in [0, 0.1) is 6.07 Å². The fraction of sp³-hybridized carbons (Fsp3) is 0.